The smallest absolute Gasteiger partial charge is 0.303 e. The van der Waals surface area contributed by atoms with Crippen LogP contribution in [0.2, 0.25) is 0 Å². The molecular formula is C12H15NO2. The summed E-state index contributed by atoms with van der Waals surface area (Å²) in [5.41, 5.74) is 8.41. The molecule has 0 amide bonds. The maximum Gasteiger partial charge on any atom is 0.303 e. The van der Waals surface area contributed by atoms with Crippen LogP contribution >= 0.6 is 0 Å². The van der Waals surface area contributed by atoms with Crippen LogP contribution in [-0.2, 0) is 4.79 Å². The fraction of sp³-hybridized carbons (Fsp3) is 0.250. The Morgan fingerprint density at radius 3 is 2.80 bits per heavy atom. The van der Waals surface area contributed by atoms with Crippen LogP contribution in [0.5, 0.6) is 0 Å². The Morgan fingerprint density at radius 2 is 2.20 bits per heavy atom. The summed E-state index contributed by atoms with van der Waals surface area (Å²) >= 11 is 0. The quantitative estimate of drug-likeness (QED) is 0.742. The summed E-state index contributed by atoms with van der Waals surface area (Å²) in [6.07, 6.45) is 2.70. The molecule has 0 aromatic heterocycles. The molecule has 1 rings (SSSR count). The van der Waals surface area contributed by atoms with E-state index in [1.54, 1.807) is 0 Å². The first-order valence-electron chi connectivity index (χ1n) is 4.82. The molecule has 3 nitrogen and oxygen atoms in total. The number of carbonyl (C=O) groups is 1. The van der Waals surface area contributed by atoms with Gasteiger partial charge < -0.3 is 10.8 Å². The minimum atomic E-state index is -0.768. The Labute approximate surface area is 89.2 Å². The molecule has 0 unspecified atom stereocenters. The maximum absolute atomic E-state index is 10.4. The Balaban J connectivity index is 2.65. The number of anilines is 1. The first-order valence-corrected chi connectivity index (χ1v) is 4.82. The maximum atomic E-state index is 10.4. The highest BCUT2D eigenvalue weighted by molar-refractivity contribution is 5.67. The summed E-state index contributed by atoms with van der Waals surface area (Å²) in [4.78, 5) is 10.4. The summed E-state index contributed by atoms with van der Waals surface area (Å²) < 4.78 is 0. The molecule has 0 fully saturated rings. The summed E-state index contributed by atoms with van der Waals surface area (Å²) in [5.74, 6) is -0.768. The summed E-state index contributed by atoms with van der Waals surface area (Å²) in [6.45, 7) is 1.92. The Morgan fingerprint density at radius 1 is 1.47 bits per heavy atom. The number of nitrogen functional groups attached to an aromatic ring is 1. The van der Waals surface area contributed by atoms with Crippen molar-refractivity contribution < 1.29 is 9.90 Å². The van der Waals surface area contributed by atoms with Gasteiger partial charge in [0.05, 0.1) is 0 Å². The fourth-order valence-electron chi connectivity index (χ4n) is 1.31. The lowest BCUT2D eigenvalue weighted by Crippen LogP contribution is -1.94. The number of rotatable bonds is 4. The van der Waals surface area contributed by atoms with Gasteiger partial charge in [-0.05, 0) is 31.0 Å². The topological polar surface area (TPSA) is 63.3 Å². The molecule has 0 radical (unpaired) electrons. The van der Waals surface area contributed by atoms with Gasteiger partial charge in [0, 0.05) is 12.1 Å². The van der Waals surface area contributed by atoms with Crippen molar-refractivity contribution in [1.82, 2.24) is 0 Å². The molecule has 3 N–H and O–H groups in total. The molecule has 3 heteroatoms. The Kier molecular flexibility index (Phi) is 3.92. The molecule has 1 aromatic carbocycles. The van der Waals surface area contributed by atoms with E-state index in [1.807, 2.05) is 37.3 Å². The molecule has 0 aliphatic carbocycles. The molecule has 0 saturated heterocycles. The van der Waals surface area contributed by atoms with Gasteiger partial charge in [0.25, 0.3) is 0 Å². The molecule has 0 aliphatic rings. The van der Waals surface area contributed by atoms with Crippen molar-refractivity contribution in [1.29, 1.82) is 0 Å². The molecule has 0 aliphatic heterocycles. The van der Waals surface area contributed by atoms with Gasteiger partial charge >= 0.3 is 5.97 Å². The van der Waals surface area contributed by atoms with Gasteiger partial charge in [-0.3, -0.25) is 4.79 Å². The highest BCUT2D eigenvalue weighted by Gasteiger charge is 1.98. The lowest BCUT2D eigenvalue weighted by Gasteiger charge is -2.00. The number of allylic oxidation sites excluding steroid dienone is 1. The number of hydrogen-bond donors (Lipinski definition) is 2. The molecule has 0 bridgehead atoms. The van der Waals surface area contributed by atoms with Crippen molar-refractivity contribution in [3.8, 4) is 0 Å². The van der Waals surface area contributed by atoms with Crippen molar-refractivity contribution in [2.24, 2.45) is 0 Å². The SMILES string of the molecule is C/C(=C\c1cccc(N)c1)CCC(=O)O. The van der Waals surface area contributed by atoms with E-state index in [1.165, 1.54) is 0 Å². The zero-order chi connectivity index (χ0) is 11.3. The minimum Gasteiger partial charge on any atom is -0.481 e. The van der Waals surface area contributed by atoms with Gasteiger partial charge in [0.15, 0.2) is 0 Å². The van der Waals surface area contributed by atoms with Crippen LogP contribution in [0.25, 0.3) is 6.08 Å². The first kappa shape index (κ1) is 11.3. The van der Waals surface area contributed by atoms with E-state index in [4.69, 9.17) is 10.8 Å². The van der Waals surface area contributed by atoms with E-state index in [0.717, 1.165) is 16.8 Å². The summed E-state index contributed by atoms with van der Waals surface area (Å²) in [5, 5.41) is 8.53. The van der Waals surface area contributed by atoms with Crippen LogP contribution in [-0.4, -0.2) is 11.1 Å². The van der Waals surface area contributed by atoms with Crippen molar-refractivity contribution >= 4 is 17.7 Å². The Hall–Kier alpha value is -1.77. The number of carboxylic acids is 1. The highest BCUT2D eigenvalue weighted by atomic mass is 16.4. The summed E-state index contributed by atoms with van der Waals surface area (Å²) in [6, 6.07) is 7.51. The third-order valence-electron chi connectivity index (χ3n) is 2.06. The van der Waals surface area contributed by atoms with Gasteiger partial charge in [0.1, 0.15) is 0 Å². The van der Waals surface area contributed by atoms with Gasteiger partial charge in [-0.25, -0.2) is 0 Å². The van der Waals surface area contributed by atoms with E-state index in [-0.39, 0.29) is 6.42 Å². The average molecular weight is 205 g/mol. The lowest BCUT2D eigenvalue weighted by atomic mass is 10.1. The first-order chi connectivity index (χ1) is 7.08. The monoisotopic (exact) mass is 205 g/mol. The molecule has 0 heterocycles. The summed E-state index contributed by atoms with van der Waals surface area (Å²) in [7, 11) is 0. The second kappa shape index (κ2) is 5.20. The molecule has 80 valence electrons. The minimum absolute atomic E-state index is 0.171. The molecule has 15 heavy (non-hydrogen) atoms. The van der Waals surface area contributed by atoms with Crippen LogP contribution in [0.4, 0.5) is 5.69 Å². The van der Waals surface area contributed by atoms with Crippen molar-refractivity contribution in [2.45, 2.75) is 19.8 Å². The van der Waals surface area contributed by atoms with Crippen LogP contribution < -0.4 is 5.73 Å². The van der Waals surface area contributed by atoms with E-state index in [2.05, 4.69) is 0 Å². The Bertz CT molecular complexity index is 383. The lowest BCUT2D eigenvalue weighted by molar-refractivity contribution is -0.136. The molecule has 0 spiro atoms. The van der Waals surface area contributed by atoms with Crippen LogP contribution in [0.15, 0.2) is 29.8 Å². The van der Waals surface area contributed by atoms with Crippen molar-refractivity contribution in [3.63, 3.8) is 0 Å². The largest absolute Gasteiger partial charge is 0.481 e. The number of benzene rings is 1. The van der Waals surface area contributed by atoms with E-state index in [9.17, 15) is 4.79 Å². The van der Waals surface area contributed by atoms with Crippen molar-refractivity contribution in [2.75, 3.05) is 5.73 Å². The standard InChI is InChI=1S/C12H15NO2/c1-9(5-6-12(14)15)7-10-3-2-4-11(13)8-10/h2-4,7-8H,5-6,13H2,1H3,(H,14,15)/b9-7+. The molecule has 0 saturated carbocycles. The molecule has 1 aromatic rings. The van der Waals surface area contributed by atoms with Crippen LogP contribution in [0.3, 0.4) is 0 Å². The number of nitrogens with two attached hydrogens (primary N) is 1. The van der Waals surface area contributed by atoms with Gasteiger partial charge in [-0.1, -0.05) is 23.8 Å². The fourth-order valence-corrected chi connectivity index (χ4v) is 1.31. The number of aliphatic carboxylic acids is 1. The van der Waals surface area contributed by atoms with Crippen LogP contribution in [0, 0.1) is 0 Å². The third kappa shape index (κ3) is 4.31. The number of carboxylic acid groups (broad SMARTS) is 1. The molecular weight excluding hydrogens is 190 g/mol. The van der Waals surface area contributed by atoms with E-state index < -0.39 is 5.97 Å². The van der Waals surface area contributed by atoms with Gasteiger partial charge in [-0.2, -0.15) is 0 Å². The van der Waals surface area contributed by atoms with Gasteiger partial charge in [0.2, 0.25) is 0 Å². The number of hydrogen-bond acceptors (Lipinski definition) is 2. The highest BCUT2D eigenvalue weighted by Crippen LogP contribution is 2.13. The van der Waals surface area contributed by atoms with E-state index >= 15 is 0 Å². The second-order valence-corrected chi connectivity index (χ2v) is 3.55. The zero-order valence-corrected chi connectivity index (χ0v) is 8.73. The average Bonchev–Trinajstić information content (AvgIpc) is 2.15. The van der Waals surface area contributed by atoms with Crippen LogP contribution in [0.1, 0.15) is 25.3 Å². The predicted molar refractivity (Wildman–Crippen MR) is 61.4 cm³/mol. The zero-order valence-electron chi connectivity index (χ0n) is 8.73. The van der Waals surface area contributed by atoms with Gasteiger partial charge in [-0.15, -0.1) is 0 Å². The van der Waals surface area contributed by atoms with Crippen molar-refractivity contribution in [3.05, 3.63) is 35.4 Å². The second-order valence-electron chi connectivity index (χ2n) is 3.55. The third-order valence-corrected chi connectivity index (χ3v) is 2.06. The normalized spacial score (nSPS) is 11.4. The van der Waals surface area contributed by atoms with E-state index in [0.29, 0.717) is 6.42 Å². The predicted octanol–water partition coefficient (Wildman–Crippen LogP) is 2.54. The molecule has 0 atom stereocenters.